The molecule has 0 unspecified atom stereocenters. The van der Waals surface area contributed by atoms with E-state index in [0.717, 1.165) is 24.7 Å². The van der Waals surface area contributed by atoms with Crippen molar-refractivity contribution in [2.24, 2.45) is 0 Å². The van der Waals surface area contributed by atoms with Crippen LogP contribution in [0.3, 0.4) is 0 Å². The van der Waals surface area contributed by atoms with Crippen LogP contribution in [0.15, 0.2) is 18.2 Å². The van der Waals surface area contributed by atoms with Crippen molar-refractivity contribution in [1.29, 1.82) is 0 Å². The minimum Gasteiger partial charge on any atom is -0.379 e. The molecule has 1 rings (SSSR count). The summed E-state index contributed by atoms with van der Waals surface area (Å²) in [6, 6.07) is 5.89. The van der Waals surface area contributed by atoms with Crippen molar-refractivity contribution in [3.05, 3.63) is 23.9 Å². The van der Waals surface area contributed by atoms with E-state index in [1.807, 2.05) is 32.0 Å². The predicted molar refractivity (Wildman–Crippen MR) is 64.5 cm³/mol. The van der Waals surface area contributed by atoms with Crippen LogP contribution < -0.4 is 5.32 Å². The van der Waals surface area contributed by atoms with E-state index in [9.17, 15) is 0 Å². The summed E-state index contributed by atoms with van der Waals surface area (Å²) in [4.78, 5) is 4.40. The van der Waals surface area contributed by atoms with Gasteiger partial charge in [-0.05, 0) is 26.0 Å². The molecule has 16 heavy (non-hydrogen) atoms. The summed E-state index contributed by atoms with van der Waals surface area (Å²) < 4.78 is 10.6. The highest BCUT2D eigenvalue weighted by Crippen LogP contribution is 2.05. The smallest absolute Gasteiger partial charge is 0.126 e. The third-order valence-corrected chi connectivity index (χ3v) is 1.99. The minimum atomic E-state index is 0.534. The Morgan fingerprint density at radius 1 is 1.19 bits per heavy atom. The lowest BCUT2D eigenvalue weighted by molar-refractivity contribution is 0.0441. The van der Waals surface area contributed by atoms with Gasteiger partial charge in [0.05, 0.1) is 25.5 Å². The van der Waals surface area contributed by atoms with Crippen molar-refractivity contribution in [3.63, 3.8) is 0 Å². The normalized spacial score (nSPS) is 10.4. The molecule has 1 N–H and O–H groups in total. The van der Waals surface area contributed by atoms with Crippen molar-refractivity contribution in [2.45, 2.75) is 20.5 Å². The number of anilines is 1. The molecule has 0 saturated heterocycles. The summed E-state index contributed by atoms with van der Waals surface area (Å²) in [6.45, 7) is 7.42. The molecule has 0 spiro atoms. The van der Waals surface area contributed by atoms with Gasteiger partial charge in [0.15, 0.2) is 0 Å². The fraction of sp³-hybridized carbons (Fsp3) is 0.583. The molecule has 0 aromatic carbocycles. The van der Waals surface area contributed by atoms with Crippen LogP contribution >= 0.6 is 0 Å². The Morgan fingerprint density at radius 2 is 2.00 bits per heavy atom. The Bertz CT molecular complexity index is 292. The van der Waals surface area contributed by atoms with Gasteiger partial charge in [0.1, 0.15) is 5.82 Å². The summed E-state index contributed by atoms with van der Waals surface area (Å²) >= 11 is 0. The molecule has 1 aromatic rings. The van der Waals surface area contributed by atoms with Gasteiger partial charge >= 0.3 is 0 Å². The van der Waals surface area contributed by atoms with Gasteiger partial charge in [-0.3, -0.25) is 0 Å². The molecule has 1 heterocycles. The molecule has 0 saturated carbocycles. The van der Waals surface area contributed by atoms with Crippen LogP contribution in [0.4, 0.5) is 5.82 Å². The van der Waals surface area contributed by atoms with Crippen molar-refractivity contribution in [1.82, 2.24) is 4.98 Å². The highest BCUT2D eigenvalue weighted by Gasteiger charge is 1.97. The second-order valence-electron chi connectivity index (χ2n) is 3.29. The molecule has 0 atom stereocenters. The average molecular weight is 224 g/mol. The summed E-state index contributed by atoms with van der Waals surface area (Å²) in [5, 5.41) is 3.17. The van der Waals surface area contributed by atoms with Gasteiger partial charge in [-0.15, -0.1) is 0 Å². The number of nitrogens with one attached hydrogen (secondary N) is 1. The van der Waals surface area contributed by atoms with E-state index >= 15 is 0 Å². The molecule has 0 amide bonds. The average Bonchev–Trinajstić information content (AvgIpc) is 2.30. The van der Waals surface area contributed by atoms with E-state index in [1.54, 1.807) is 0 Å². The third kappa shape index (κ3) is 5.09. The second-order valence-corrected chi connectivity index (χ2v) is 3.29. The van der Waals surface area contributed by atoms with Crippen molar-refractivity contribution < 1.29 is 9.47 Å². The number of rotatable bonds is 8. The standard InChI is InChI=1S/C12H20N2O2/c1-3-13-12-7-5-6-11(14-12)10-16-9-8-15-4-2/h5-7H,3-4,8-10H2,1-2H3,(H,13,14). The van der Waals surface area contributed by atoms with Crippen LogP contribution in [0.5, 0.6) is 0 Å². The number of ether oxygens (including phenoxy) is 2. The van der Waals surface area contributed by atoms with Crippen molar-refractivity contribution in [2.75, 3.05) is 31.7 Å². The molecular formula is C12H20N2O2. The number of pyridine rings is 1. The van der Waals surface area contributed by atoms with Gasteiger partial charge in [0.25, 0.3) is 0 Å². The van der Waals surface area contributed by atoms with E-state index in [1.165, 1.54) is 0 Å². The van der Waals surface area contributed by atoms with Crippen LogP contribution in [0, 0.1) is 0 Å². The first-order chi connectivity index (χ1) is 7.86. The zero-order valence-corrected chi connectivity index (χ0v) is 10.0. The van der Waals surface area contributed by atoms with E-state index in [0.29, 0.717) is 19.8 Å². The second kappa shape index (κ2) is 8.07. The predicted octanol–water partition coefficient (Wildman–Crippen LogP) is 2.07. The van der Waals surface area contributed by atoms with E-state index in [4.69, 9.17) is 9.47 Å². The SMILES string of the molecule is CCNc1cccc(COCCOCC)n1. The Balaban J connectivity index is 2.27. The third-order valence-electron chi connectivity index (χ3n) is 1.99. The molecule has 4 heteroatoms. The molecule has 4 nitrogen and oxygen atoms in total. The first kappa shape index (κ1) is 12.9. The summed E-state index contributed by atoms with van der Waals surface area (Å²) in [5.41, 5.74) is 0.940. The van der Waals surface area contributed by atoms with Gasteiger partial charge in [0, 0.05) is 13.2 Å². The molecule has 0 aliphatic rings. The molecule has 0 fully saturated rings. The Kier molecular flexibility index (Phi) is 6.53. The fourth-order valence-electron chi connectivity index (χ4n) is 1.28. The molecule has 0 bridgehead atoms. The van der Waals surface area contributed by atoms with Gasteiger partial charge < -0.3 is 14.8 Å². The van der Waals surface area contributed by atoms with Gasteiger partial charge in [0.2, 0.25) is 0 Å². The summed E-state index contributed by atoms with van der Waals surface area (Å²) in [5.74, 6) is 0.897. The van der Waals surface area contributed by atoms with Crippen molar-refractivity contribution in [3.8, 4) is 0 Å². The van der Waals surface area contributed by atoms with Gasteiger partial charge in [-0.25, -0.2) is 4.98 Å². The Morgan fingerprint density at radius 3 is 2.75 bits per heavy atom. The van der Waals surface area contributed by atoms with E-state index in [2.05, 4.69) is 10.3 Å². The lowest BCUT2D eigenvalue weighted by Crippen LogP contribution is -2.06. The first-order valence-corrected chi connectivity index (χ1v) is 5.72. The number of nitrogens with zero attached hydrogens (tertiary/aromatic N) is 1. The summed E-state index contributed by atoms with van der Waals surface area (Å²) in [6.07, 6.45) is 0. The zero-order chi connectivity index (χ0) is 11.6. The highest BCUT2D eigenvalue weighted by molar-refractivity contribution is 5.34. The first-order valence-electron chi connectivity index (χ1n) is 5.72. The van der Waals surface area contributed by atoms with Crippen LogP contribution in [-0.4, -0.2) is 31.3 Å². The van der Waals surface area contributed by atoms with E-state index in [-0.39, 0.29) is 0 Å². The molecule has 1 aromatic heterocycles. The van der Waals surface area contributed by atoms with Gasteiger partial charge in [-0.1, -0.05) is 6.07 Å². The van der Waals surface area contributed by atoms with E-state index < -0.39 is 0 Å². The number of aromatic nitrogens is 1. The fourth-order valence-corrected chi connectivity index (χ4v) is 1.28. The topological polar surface area (TPSA) is 43.4 Å². The van der Waals surface area contributed by atoms with Crippen LogP contribution in [0.1, 0.15) is 19.5 Å². The van der Waals surface area contributed by atoms with Crippen LogP contribution in [-0.2, 0) is 16.1 Å². The maximum absolute atomic E-state index is 5.44. The largest absolute Gasteiger partial charge is 0.379 e. The Labute approximate surface area is 97.0 Å². The molecule has 0 aliphatic carbocycles. The monoisotopic (exact) mass is 224 g/mol. The Hall–Kier alpha value is -1.13. The maximum Gasteiger partial charge on any atom is 0.126 e. The number of hydrogen-bond acceptors (Lipinski definition) is 4. The van der Waals surface area contributed by atoms with Gasteiger partial charge in [-0.2, -0.15) is 0 Å². The molecule has 0 aliphatic heterocycles. The summed E-state index contributed by atoms with van der Waals surface area (Å²) in [7, 11) is 0. The lowest BCUT2D eigenvalue weighted by atomic mass is 10.3. The zero-order valence-electron chi connectivity index (χ0n) is 10.0. The van der Waals surface area contributed by atoms with Crippen molar-refractivity contribution >= 4 is 5.82 Å². The molecule has 0 radical (unpaired) electrons. The lowest BCUT2D eigenvalue weighted by Gasteiger charge is -2.06. The highest BCUT2D eigenvalue weighted by atomic mass is 16.5. The maximum atomic E-state index is 5.44. The minimum absolute atomic E-state index is 0.534. The van der Waals surface area contributed by atoms with Crippen LogP contribution in [0.25, 0.3) is 0 Å². The number of hydrogen-bond donors (Lipinski definition) is 1. The van der Waals surface area contributed by atoms with Crippen LogP contribution in [0.2, 0.25) is 0 Å². The molecular weight excluding hydrogens is 204 g/mol. The quantitative estimate of drug-likeness (QED) is 0.686. The molecule has 90 valence electrons.